The van der Waals surface area contributed by atoms with Crippen LogP contribution in [0.4, 0.5) is 0 Å². The van der Waals surface area contributed by atoms with E-state index in [1.807, 2.05) is 20.8 Å². The highest BCUT2D eigenvalue weighted by Crippen LogP contribution is 2.30. The Morgan fingerprint density at radius 3 is 1.65 bits per heavy atom. The van der Waals surface area contributed by atoms with E-state index in [1.54, 1.807) is 0 Å². The highest BCUT2D eigenvalue weighted by molar-refractivity contribution is 6.62. The van der Waals surface area contributed by atoms with Gasteiger partial charge < -0.3 is 17.8 Å². The van der Waals surface area contributed by atoms with Gasteiger partial charge in [-0.1, -0.05) is 0 Å². The van der Waals surface area contributed by atoms with Crippen molar-refractivity contribution in [3.05, 3.63) is 0 Å². The average Bonchev–Trinajstić information content (AvgIpc) is 2.48. The van der Waals surface area contributed by atoms with E-state index in [2.05, 4.69) is 13.8 Å². The normalized spacial score (nSPS) is 20.9. The van der Waals surface area contributed by atoms with E-state index in [1.165, 1.54) is 32.4 Å². The lowest BCUT2D eigenvalue weighted by atomic mass is 10.1. The second-order valence-corrected chi connectivity index (χ2v) is 8.53. The maximum absolute atomic E-state index is 6.13. The molecule has 0 aromatic rings. The van der Waals surface area contributed by atoms with Crippen molar-refractivity contribution in [3.8, 4) is 0 Å². The minimum Gasteiger partial charge on any atom is -0.370 e. The molecule has 1 rings (SSSR count). The largest absolute Gasteiger partial charge is 0.562 e. The predicted octanol–water partition coefficient (Wildman–Crippen LogP) is 2.98. The van der Waals surface area contributed by atoms with Gasteiger partial charge in [0, 0.05) is 19.8 Å². The van der Waals surface area contributed by atoms with Crippen molar-refractivity contribution in [1.82, 2.24) is 0 Å². The van der Waals surface area contributed by atoms with Gasteiger partial charge in [0.25, 0.3) is 0 Å². The van der Waals surface area contributed by atoms with Crippen molar-refractivity contribution in [2.75, 3.05) is 39.5 Å². The molecule has 20 heavy (non-hydrogen) atoms. The molecule has 0 N–H and O–H groups in total. The number of hydrogen-bond acceptors (Lipinski definition) is 3. The summed E-state index contributed by atoms with van der Waals surface area (Å²) in [6.07, 6.45) is 3.99. The lowest BCUT2D eigenvalue weighted by Crippen LogP contribution is -2.70. The molecule has 0 saturated carbocycles. The number of rotatable bonds is 9. The van der Waals surface area contributed by atoms with E-state index in [4.69, 9.17) is 13.3 Å². The minimum atomic E-state index is -2.61. The van der Waals surface area contributed by atoms with Crippen molar-refractivity contribution < 1.29 is 17.8 Å². The van der Waals surface area contributed by atoms with Crippen LogP contribution < -0.4 is 0 Å². The summed E-state index contributed by atoms with van der Waals surface area (Å²) >= 11 is 0. The minimum absolute atomic E-state index is 0.327. The Kier molecular flexibility index (Phi) is 7.68. The summed E-state index contributed by atoms with van der Waals surface area (Å²) in [6, 6.07) is 0. The first-order valence-electron chi connectivity index (χ1n) is 8.38. The molecule has 1 aliphatic heterocycles. The second kappa shape index (κ2) is 8.49. The molecule has 1 heterocycles. The first-order valence-corrected chi connectivity index (χ1v) is 10.2. The van der Waals surface area contributed by atoms with Gasteiger partial charge in [-0.2, -0.15) is 0 Å². The quantitative estimate of drug-likeness (QED) is 0.484. The van der Waals surface area contributed by atoms with Crippen LogP contribution in [0.1, 0.15) is 53.9 Å². The summed E-state index contributed by atoms with van der Waals surface area (Å²) in [5, 5.41) is 0. The Hall–Kier alpha value is 0.0569. The molecule has 0 radical (unpaired) electrons. The molecule has 0 aliphatic carbocycles. The topological polar surface area (TPSA) is 27.7 Å². The number of nitrogens with zero attached hydrogens (tertiary/aromatic N) is 1. The molecule has 1 saturated heterocycles. The molecular weight excluding hydrogens is 270 g/mol. The van der Waals surface area contributed by atoms with E-state index in [0.717, 1.165) is 11.0 Å². The molecule has 4 nitrogen and oxygen atoms in total. The molecule has 1 aliphatic rings. The van der Waals surface area contributed by atoms with Gasteiger partial charge >= 0.3 is 8.80 Å². The van der Waals surface area contributed by atoms with Gasteiger partial charge in [0.15, 0.2) is 5.67 Å². The number of likely N-dealkylation sites (tertiary alicyclic amines) is 1. The lowest BCUT2D eigenvalue weighted by molar-refractivity contribution is -0.943. The molecule has 0 spiro atoms. The van der Waals surface area contributed by atoms with Gasteiger partial charge in [-0.25, -0.2) is 0 Å². The zero-order valence-electron chi connectivity index (χ0n) is 14.1. The van der Waals surface area contributed by atoms with E-state index in [0.29, 0.717) is 25.5 Å². The molecule has 5 heteroatoms. The second-order valence-electron chi connectivity index (χ2n) is 5.62. The lowest BCUT2D eigenvalue weighted by Gasteiger charge is -2.49. The highest BCUT2D eigenvalue weighted by Gasteiger charge is 2.57. The maximum atomic E-state index is 6.13. The van der Waals surface area contributed by atoms with Crippen LogP contribution >= 0.6 is 0 Å². The zero-order valence-corrected chi connectivity index (χ0v) is 15.1. The molecule has 0 aromatic carbocycles. The predicted molar refractivity (Wildman–Crippen MR) is 84.5 cm³/mol. The van der Waals surface area contributed by atoms with Gasteiger partial charge in [0.05, 0.1) is 19.6 Å². The summed E-state index contributed by atoms with van der Waals surface area (Å²) in [7, 11) is -2.61. The van der Waals surface area contributed by atoms with Crippen molar-refractivity contribution in [3.63, 3.8) is 0 Å². The number of hydrogen-bond donors (Lipinski definition) is 0. The fourth-order valence-electron chi connectivity index (χ4n) is 3.55. The van der Waals surface area contributed by atoms with Crippen LogP contribution in [0.2, 0.25) is 0 Å². The Morgan fingerprint density at radius 1 is 0.850 bits per heavy atom. The monoisotopic (exact) mass is 304 g/mol. The van der Waals surface area contributed by atoms with Gasteiger partial charge in [-0.15, -0.1) is 0 Å². The van der Waals surface area contributed by atoms with E-state index in [-0.39, 0.29) is 0 Å². The molecule has 1 fully saturated rings. The number of quaternary nitrogens is 1. The van der Waals surface area contributed by atoms with Gasteiger partial charge in [0.1, 0.15) is 0 Å². The van der Waals surface area contributed by atoms with Gasteiger partial charge in [-0.3, -0.25) is 0 Å². The number of piperidine rings is 1. The fourth-order valence-corrected chi connectivity index (χ4v) is 6.84. The Bertz CT molecular complexity index is 253. The molecular formula is C15H34NO3Si+. The van der Waals surface area contributed by atoms with Crippen molar-refractivity contribution in [2.24, 2.45) is 0 Å². The third-order valence-corrected chi connectivity index (χ3v) is 8.35. The van der Waals surface area contributed by atoms with E-state index in [9.17, 15) is 0 Å². The molecule has 0 amide bonds. The van der Waals surface area contributed by atoms with Crippen molar-refractivity contribution in [1.29, 1.82) is 0 Å². The van der Waals surface area contributed by atoms with Crippen LogP contribution in [0.25, 0.3) is 0 Å². The molecule has 1 unspecified atom stereocenters. The Labute approximate surface area is 126 Å². The SMILES string of the molecule is CCO[Si](OCC)(OCC)C(C)[N+]1(CC)CCCCC1. The Balaban J connectivity index is 3.01. The van der Waals surface area contributed by atoms with Crippen molar-refractivity contribution >= 4 is 8.80 Å². The maximum Gasteiger partial charge on any atom is 0.562 e. The van der Waals surface area contributed by atoms with E-state index >= 15 is 0 Å². The van der Waals surface area contributed by atoms with Crippen molar-refractivity contribution in [2.45, 2.75) is 59.5 Å². The highest BCUT2D eigenvalue weighted by atomic mass is 28.4. The summed E-state index contributed by atoms with van der Waals surface area (Å²) in [5.74, 6) is 0. The molecule has 0 bridgehead atoms. The average molecular weight is 305 g/mol. The van der Waals surface area contributed by atoms with Gasteiger partial charge in [0.2, 0.25) is 0 Å². The van der Waals surface area contributed by atoms with Crippen LogP contribution in [0.15, 0.2) is 0 Å². The summed E-state index contributed by atoms with van der Waals surface area (Å²) in [4.78, 5) is 0. The summed E-state index contributed by atoms with van der Waals surface area (Å²) in [5.41, 5.74) is 0.327. The van der Waals surface area contributed by atoms with Crippen LogP contribution in [0.5, 0.6) is 0 Å². The third kappa shape index (κ3) is 3.83. The van der Waals surface area contributed by atoms with E-state index < -0.39 is 8.80 Å². The standard InChI is InChI=1S/C15H34NO3Si/c1-6-16(13-11-10-12-14-16)15(5)20(17-7-2,18-8-3)19-9-4/h15H,6-14H2,1-5H3/q+1. The summed E-state index contributed by atoms with van der Waals surface area (Å²) < 4.78 is 19.5. The van der Waals surface area contributed by atoms with Crippen LogP contribution in [0.3, 0.4) is 0 Å². The molecule has 1 atom stereocenters. The van der Waals surface area contributed by atoms with Crippen LogP contribution in [-0.2, 0) is 13.3 Å². The fraction of sp³-hybridized carbons (Fsp3) is 1.00. The smallest absolute Gasteiger partial charge is 0.370 e. The van der Waals surface area contributed by atoms with Crippen LogP contribution in [0, 0.1) is 0 Å². The first-order chi connectivity index (χ1) is 9.60. The summed E-state index contributed by atoms with van der Waals surface area (Å²) in [6.45, 7) is 16.3. The molecule has 120 valence electrons. The Morgan fingerprint density at radius 2 is 1.30 bits per heavy atom. The third-order valence-electron chi connectivity index (χ3n) is 4.71. The molecule has 0 aromatic heterocycles. The van der Waals surface area contributed by atoms with Gasteiger partial charge in [-0.05, 0) is 53.9 Å². The zero-order chi connectivity index (χ0) is 15.1. The first kappa shape index (κ1) is 18.1. The van der Waals surface area contributed by atoms with Crippen LogP contribution in [-0.4, -0.2) is 58.4 Å².